The van der Waals surface area contributed by atoms with E-state index >= 15 is 0 Å². The number of hydrogen-bond acceptors (Lipinski definition) is 2. The van der Waals surface area contributed by atoms with E-state index in [1.165, 1.54) is 6.07 Å². The highest BCUT2D eigenvalue weighted by Crippen LogP contribution is 2.56. The van der Waals surface area contributed by atoms with Gasteiger partial charge in [0.1, 0.15) is 5.82 Å². The summed E-state index contributed by atoms with van der Waals surface area (Å²) < 4.78 is 31.5. The van der Waals surface area contributed by atoms with Crippen molar-refractivity contribution in [3.8, 4) is 0 Å². The Kier molecular flexibility index (Phi) is 2.06. The summed E-state index contributed by atoms with van der Waals surface area (Å²) in [7, 11) is -2.36. The summed E-state index contributed by atoms with van der Waals surface area (Å²) in [6.45, 7) is 0. The second kappa shape index (κ2) is 2.97. The molecule has 0 aliphatic carbocycles. The van der Waals surface area contributed by atoms with Gasteiger partial charge in [-0.3, -0.25) is 9.11 Å². The predicted octanol–water partition coefficient (Wildman–Crippen LogP) is 2.67. The second-order valence-electron chi connectivity index (χ2n) is 3.35. The van der Waals surface area contributed by atoms with Crippen LogP contribution in [0.3, 0.4) is 0 Å². The molecule has 0 spiro atoms. The Balaban J connectivity index is 2.16. The molecule has 72 valence electrons. The van der Waals surface area contributed by atoms with E-state index in [-0.39, 0.29) is 11.7 Å². The third kappa shape index (κ3) is 1.70. The van der Waals surface area contributed by atoms with Gasteiger partial charge in [-0.15, -0.1) is 0 Å². The van der Waals surface area contributed by atoms with Crippen LogP contribution in [0.5, 0.6) is 0 Å². The molecule has 1 heterocycles. The molecule has 0 bridgehead atoms. The molecule has 0 radical (unpaired) electrons. The molecule has 2 nitrogen and oxygen atoms in total. The highest BCUT2D eigenvalue weighted by molar-refractivity contribution is 8.25. The third-order valence-corrected chi connectivity index (χ3v) is 4.15. The lowest BCUT2D eigenvalue weighted by molar-refractivity contribution is 0.451. The lowest BCUT2D eigenvalue weighted by Crippen LogP contribution is -2.31. The van der Waals surface area contributed by atoms with E-state index in [4.69, 9.17) is 9.11 Å². The Labute approximate surface area is 77.8 Å². The molecule has 2 rings (SSSR count). The number of rotatable bonds is 1. The van der Waals surface area contributed by atoms with E-state index in [0.717, 1.165) is 0 Å². The first kappa shape index (κ1) is 8.99. The van der Waals surface area contributed by atoms with Crippen molar-refractivity contribution < 1.29 is 13.5 Å². The third-order valence-electron chi connectivity index (χ3n) is 2.28. The van der Waals surface area contributed by atoms with E-state index < -0.39 is 10.6 Å². The van der Waals surface area contributed by atoms with Crippen LogP contribution in [0.4, 0.5) is 4.39 Å². The van der Waals surface area contributed by atoms with Crippen molar-refractivity contribution in [2.24, 2.45) is 0 Å². The molecule has 1 aliphatic heterocycles. The van der Waals surface area contributed by atoms with Crippen LogP contribution in [0.2, 0.25) is 0 Å². The first-order valence-electron chi connectivity index (χ1n) is 4.06. The van der Waals surface area contributed by atoms with Crippen LogP contribution in [0, 0.1) is 5.82 Å². The summed E-state index contributed by atoms with van der Waals surface area (Å²) in [5.74, 6) is 0.371. The maximum atomic E-state index is 13.2. The first-order valence-corrected chi connectivity index (χ1v) is 5.95. The molecule has 2 N–H and O–H groups in total. The molecular formula is C9H11FO2S. The van der Waals surface area contributed by atoms with Crippen molar-refractivity contribution in [3.63, 3.8) is 0 Å². The van der Waals surface area contributed by atoms with Crippen molar-refractivity contribution in [3.05, 3.63) is 35.6 Å². The monoisotopic (exact) mass is 202 g/mol. The lowest BCUT2D eigenvalue weighted by atomic mass is 10.0. The van der Waals surface area contributed by atoms with E-state index in [1.807, 2.05) is 0 Å². The second-order valence-corrected chi connectivity index (χ2v) is 5.62. The fraction of sp³-hybridized carbons (Fsp3) is 0.333. The molecule has 4 heteroatoms. The quantitative estimate of drug-likeness (QED) is 0.735. The number of halogens is 1. The largest absolute Gasteiger partial charge is 0.299 e. The zero-order valence-corrected chi connectivity index (χ0v) is 7.80. The van der Waals surface area contributed by atoms with E-state index in [9.17, 15) is 4.39 Å². The van der Waals surface area contributed by atoms with Gasteiger partial charge in [0.2, 0.25) is 0 Å². The molecule has 0 amide bonds. The lowest BCUT2D eigenvalue weighted by Gasteiger charge is -2.47. The van der Waals surface area contributed by atoms with Gasteiger partial charge in [0.25, 0.3) is 0 Å². The molecule has 1 aliphatic rings. The summed E-state index contributed by atoms with van der Waals surface area (Å²) in [5, 5.41) is 0. The maximum absolute atomic E-state index is 13.2. The standard InChI is InChI=1S/C9H11FO2S/c10-9-4-2-1-3-8(9)7-5-13(11,12)6-7/h1-4,7,11-12H,5-6H2. The molecule has 0 aromatic heterocycles. The van der Waals surface area contributed by atoms with Gasteiger partial charge in [-0.05, 0) is 11.6 Å². The summed E-state index contributed by atoms with van der Waals surface area (Å²) in [6, 6.07) is 6.51. The van der Waals surface area contributed by atoms with Crippen LogP contribution in [-0.2, 0) is 0 Å². The van der Waals surface area contributed by atoms with E-state index in [2.05, 4.69) is 0 Å². The van der Waals surface area contributed by atoms with E-state index in [0.29, 0.717) is 17.1 Å². The molecule has 1 aromatic rings. The van der Waals surface area contributed by atoms with E-state index in [1.54, 1.807) is 18.2 Å². The number of hydrogen-bond donors (Lipinski definition) is 2. The van der Waals surface area contributed by atoms with Crippen LogP contribution in [0.1, 0.15) is 11.5 Å². The average Bonchev–Trinajstić information content (AvgIpc) is 2.01. The average molecular weight is 202 g/mol. The minimum absolute atomic E-state index is 0.00815. The van der Waals surface area contributed by atoms with Gasteiger partial charge in [0, 0.05) is 17.4 Å². The number of benzene rings is 1. The smallest absolute Gasteiger partial charge is 0.126 e. The van der Waals surface area contributed by atoms with Crippen LogP contribution in [0.25, 0.3) is 0 Å². The fourth-order valence-electron chi connectivity index (χ4n) is 1.58. The van der Waals surface area contributed by atoms with Crippen molar-refractivity contribution in [1.29, 1.82) is 0 Å². The predicted molar refractivity (Wildman–Crippen MR) is 51.7 cm³/mol. The van der Waals surface area contributed by atoms with Gasteiger partial charge >= 0.3 is 0 Å². The van der Waals surface area contributed by atoms with Gasteiger partial charge in [0.05, 0.1) is 0 Å². The molecule has 1 aromatic carbocycles. The zero-order valence-electron chi connectivity index (χ0n) is 6.98. The normalized spacial score (nSPS) is 23.6. The summed E-state index contributed by atoms with van der Waals surface area (Å²) in [4.78, 5) is 0. The molecule has 0 unspecified atom stereocenters. The maximum Gasteiger partial charge on any atom is 0.126 e. The Hall–Kier alpha value is -0.580. The topological polar surface area (TPSA) is 40.5 Å². The fourth-order valence-corrected chi connectivity index (χ4v) is 3.13. The minimum Gasteiger partial charge on any atom is -0.299 e. The Bertz CT molecular complexity index is 319. The highest BCUT2D eigenvalue weighted by Gasteiger charge is 2.35. The van der Waals surface area contributed by atoms with Gasteiger partial charge in [-0.25, -0.2) is 4.39 Å². The van der Waals surface area contributed by atoms with Gasteiger partial charge in [-0.1, -0.05) is 18.2 Å². The van der Waals surface area contributed by atoms with Gasteiger partial charge < -0.3 is 0 Å². The Morgan fingerprint density at radius 2 is 1.85 bits per heavy atom. The molecular weight excluding hydrogens is 191 g/mol. The van der Waals surface area contributed by atoms with Crippen molar-refractivity contribution >= 4 is 10.6 Å². The van der Waals surface area contributed by atoms with Crippen molar-refractivity contribution in [2.45, 2.75) is 5.92 Å². The minimum atomic E-state index is -2.36. The SMILES string of the molecule is OS1(O)CC(c2ccccc2F)C1. The summed E-state index contributed by atoms with van der Waals surface area (Å²) in [5.41, 5.74) is 0.605. The van der Waals surface area contributed by atoms with Crippen LogP contribution < -0.4 is 0 Å². The molecule has 0 saturated carbocycles. The Morgan fingerprint density at radius 3 is 2.38 bits per heavy atom. The highest BCUT2D eigenvalue weighted by atomic mass is 32.3. The zero-order chi connectivity index (χ0) is 9.47. The van der Waals surface area contributed by atoms with Crippen LogP contribution in [-0.4, -0.2) is 20.6 Å². The molecule has 1 fully saturated rings. The summed E-state index contributed by atoms with van der Waals surface area (Å²) in [6.07, 6.45) is 0. The van der Waals surface area contributed by atoms with Crippen molar-refractivity contribution in [2.75, 3.05) is 11.5 Å². The molecule has 13 heavy (non-hydrogen) atoms. The first-order chi connectivity index (χ1) is 6.08. The Morgan fingerprint density at radius 1 is 1.23 bits per heavy atom. The summed E-state index contributed by atoms with van der Waals surface area (Å²) >= 11 is 0. The molecule has 1 saturated heterocycles. The van der Waals surface area contributed by atoms with Crippen molar-refractivity contribution in [1.82, 2.24) is 0 Å². The van der Waals surface area contributed by atoms with Crippen LogP contribution >= 0.6 is 10.6 Å². The van der Waals surface area contributed by atoms with Crippen LogP contribution in [0.15, 0.2) is 24.3 Å². The molecule has 0 atom stereocenters. The van der Waals surface area contributed by atoms with Gasteiger partial charge in [0.15, 0.2) is 0 Å². The van der Waals surface area contributed by atoms with Gasteiger partial charge in [-0.2, -0.15) is 10.6 Å².